The Morgan fingerprint density at radius 1 is 0.500 bits per heavy atom. The van der Waals surface area contributed by atoms with Crippen LogP contribution in [0.1, 0.15) is 0 Å². The fourth-order valence-electron chi connectivity index (χ4n) is 5.69. The van der Waals surface area contributed by atoms with E-state index in [9.17, 15) is 0 Å². The summed E-state index contributed by atoms with van der Waals surface area (Å²) in [6, 6.07) is 46.6. The zero-order valence-electron chi connectivity index (χ0n) is 23.5. The maximum absolute atomic E-state index is 5.14. The van der Waals surface area contributed by atoms with Crippen LogP contribution in [0.2, 0.25) is 0 Å². The molecule has 0 atom stereocenters. The van der Waals surface area contributed by atoms with Crippen molar-refractivity contribution in [3.63, 3.8) is 0 Å². The Labute approximate surface area is 267 Å². The van der Waals surface area contributed by atoms with Crippen LogP contribution in [-0.4, -0.2) is 15.0 Å². The molecule has 0 saturated heterocycles. The fraction of sp³-hybridized carbons (Fsp3) is 0. The molecule has 3 aromatic heterocycles. The van der Waals surface area contributed by atoms with Gasteiger partial charge in [-0.1, -0.05) is 113 Å². The van der Waals surface area contributed by atoms with Crippen molar-refractivity contribution in [2.75, 3.05) is 0 Å². The molecule has 208 valence electrons. The number of aromatic nitrogens is 3. The number of rotatable bonds is 5. The molecule has 0 aliphatic carbocycles. The van der Waals surface area contributed by atoms with E-state index in [1.54, 1.807) is 6.20 Å². The summed E-state index contributed by atoms with van der Waals surface area (Å²) < 4.78 is 3.51. The number of benzene rings is 5. The SMILES string of the molecule is Brc1cc(-c2ccc(-c3cccnc3)cc2)cc(-c2cc(-c3cccc4c3sc3ccccc34)nc(-c3ccccc3)n2)c1. The molecule has 3 heterocycles. The van der Waals surface area contributed by atoms with Crippen LogP contribution in [-0.2, 0) is 0 Å². The first kappa shape index (κ1) is 26.6. The molecule has 0 N–H and O–H groups in total. The highest BCUT2D eigenvalue weighted by Crippen LogP contribution is 2.41. The predicted molar refractivity (Wildman–Crippen MR) is 188 cm³/mol. The summed E-state index contributed by atoms with van der Waals surface area (Å²) in [6.45, 7) is 0. The van der Waals surface area contributed by atoms with Gasteiger partial charge < -0.3 is 0 Å². The second-order valence-corrected chi connectivity index (χ2v) is 12.6. The molecule has 0 unspecified atom stereocenters. The Kier molecular flexibility index (Phi) is 6.82. The molecule has 8 aromatic rings. The number of halogens is 1. The summed E-state index contributed by atoms with van der Waals surface area (Å²) in [4.78, 5) is 14.5. The molecular weight excluding hydrogens is 622 g/mol. The number of thiophene rings is 1. The van der Waals surface area contributed by atoms with Crippen molar-refractivity contribution in [3.05, 3.63) is 150 Å². The van der Waals surface area contributed by atoms with Gasteiger partial charge in [0.15, 0.2) is 5.82 Å². The van der Waals surface area contributed by atoms with Gasteiger partial charge in [0.2, 0.25) is 0 Å². The van der Waals surface area contributed by atoms with Crippen LogP contribution in [0, 0.1) is 0 Å². The lowest BCUT2D eigenvalue weighted by Crippen LogP contribution is -1.96. The lowest BCUT2D eigenvalue weighted by Gasteiger charge is -2.12. The number of fused-ring (bicyclic) bond motifs is 3. The van der Waals surface area contributed by atoms with Crippen LogP contribution >= 0.6 is 27.3 Å². The molecule has 0 fully saturated rings. The standard InChI is InChI=1S/C39H24BrN3S/c40-31-21-29(26-17-15-25(16-18-26)28-10-7-19-41-24-28)20-30(22-31)35-23-36(43-39(42-35)27-8-2-1-3-9-27)34-13-6-12-33-32-11-4-5-14-37(32)44-38(33)34/h1-24H. The minimum Gasteiger partial charge on any atom is -0.264 e. The molecule has 0 spiro atoms. The molecule has 5 heteroatoms. The van der Waals surface area contributed by atoms with Crippen molar-refractivity contribution in [2.45, 2.75) is 0 Å². The smallest absolute Gasteiger partial charge is 0.160 e. The number of nitrogens with zero attached hydrogens (tertiary/aromatic N) is 3. The van der Waals surface area contributed by atoms with Gasteiger partial charge in [-0.3, -0.25) is 4.98 Å². The molecular formula is C39H24BrN3S. The fourth-order valence-corrected chi connectivity index (χ4v) is 7.41. The molecule has 5 aromatic carbocycles. The second kappa shape index (κ2) is 11.3. The zero-order valence-corrected chi connectivity index (χ0v) is 25.9. The Bertz CT molecular complexity index is 2280. The predicted octanol–water partition coefficient (Wildman–Crippen LogP) is 11.3. The number of pyridine rings is 1. The van der Waals surface area contributed by atoms with Crippen molar-refractivity contribution >= 4 is 47.4 Å². The topological polar surface area (TPSA) is 38.7 Å². The van der Waals surface area contributed by atoms with E-state index in [1.807, 2.05) is 41.8 Å². The lowest BCUT2D eigenvalue weighted by molar-refractivity contribution is 1.18. The first-order valence-electron chi connectivity index (χ1n) is 14.4. The molecule has 8 rings (SSSR count). The highest BCUT2D eigenvalue weighted by Gasteiger charge is 2.16. The van der Waals surface area contributed by atoms with Crippen molar-refractivity contribution < 1.29 is 0 Å². The van der Waals surface area contributed by atoms with Gasteiger partial charge in [0, 0.05) is 53.7 Å². The summed E-state index contributed by atoms with van der Waals surface area (Å²) in [5.74, 6) is 0.707. The van der Waals surface area contributed by atoms with E-state index < -0.39 is 0 Å². The van der Waals surface area contributed by atoms with Crippen LogP contribution in [0.25, 0.3) is 76.3 Å². The van der Waals surface area contributed by atoms with E-state index in [0.717, 1.165) is 54.8 Å². The maximum Gasteiger partial charge on any atom is 0.160 e. The third-order valence-corrected chi connectivity index (χ3v) is 9.52. The van der Waals surface area contributed by atoms with Crippen LogP contribution in [0.4, 0.5) is 0 Å². The highest BCUT2D eigenvalue weighted by atomic mass is 79.9. The number of hydrogen-bond acceptors (Lipinski definition) is 4. The average molecular weight is 647 g/mol. The number of hydrogen-bond donors (Lipinski definition) is 0. The third kappa shape index (κ3) is 5.00. The van der Waals surface area contributed by atoms with E-state index >= 15 is 0 Å². The van der Waals surface area contributed by atoms with Crippen molar-refractivity contribution in [1.29, 1.82) is 0 Å². The molecule has 44 heavy (non-hydrogen) atoms. The zero-order chi connectivity index (χ0) is 29.5. The Hall–Kier alpha value is -4.97. The van der Waals surface area contributed by atoms with Crippen LogP contribution in [0.3, 0.4) is 0 Å². The van der Waals surface area contributed by atoms with Crippen molar-refractivity contribution in [1.82, 2.24) is 15.0 Å². The Morgan fingerprint density at radius 3 is 2.02 bits per heavy atom. The molecule has 0 bridgehead atoms. The lowest BCUT2D eigenvalue weighted by atomic mass is 9.98. The summed E-state index contributed by atoms with van der Waals surface area (Å²) in [6.07, 6.45) is 3.69. The van der Waals surface area contributed by atoms with Gasteiger partial charge in [-0.05, 0) is 58.7 Å². The van der Waals surface area contributed by atoms with Gasteiger partial charge in [0.25, 0.3) is 0 Å². The molecule has 0 aliphatic heterocycles. The van der Waals surface area contributed by atoms with Gasteiger partial charge >= 0.3 is 0 Å². The van der Waals surface area contributed by atoms with E-state index in [4.69, 9.17) is 9.97 Å². The third-order valence-electron chi connectivity index (χ3n) is 7.85. The molecule has 0 amide bonds. The molecule has 3 nitrogen and oxygen atoms in total. The van der Waals surface area contributed by atoms with Gasteiger partial charge in [-0.25, -0.2) is 9.97 Å². The van der Waals surface area contributed by atoms with Gasteiger partial charge in [0.1, 0.15) is 0 Å². The minimum atomic E-state index is 0.707. The van der Waals surface area contributed by atoms with Crippen molar-refractivity contribution in [3.8, 4) is 56.2 Å². The summed E-state index contributed by atoms with van der Waals surface area (Å²) in [7, 11) is 0. The maximum atomic E-state index is 5.14. The van der Waals surface area contributed by atoms with Crippen molar-refractivity contribution in [2.24, 2.45) is 0 Å². The summed E-state index contributed by atoms with van der Waals surface area (Å²) in [5, 5.41) is 2.53. The second-order valence-electron chi connectivity index (χ2n) is 10.7. The van der Waals surface area contributed by atoms with E-state index in [-0.39, 0.29) is 0 Å². The van der Waals surface area contributed by atoms with Gasteiger partial charge in [-0.2, -0.15) is 0 Å². The van der Waals surface area contributed by atoms with Crippen LogP contribution < -0.4 is 0 Å². The first-order chi connectivity index (χ1) is 21.7. The highest BCUT2D eigenvalue weighted by molar-refractivity contribution is 9.10. The largest absolute Gasteiger partial charge is 0.264 e. The molecule has 0 saturated carbocycles. The summed E-state index contributed by atoms with van der Waals surface area (Å²) in [5.41, 5.74) is 9.40. The van der Waals surface area contributed by atoms with E-state index in [0.29, 0.717) is 5.82 Å². The normalized spacial score (nSPS) is 11.3. The van der Waals surface area contributed by atoms with E-state index in [1.165, 1.54) is 20.2 Å². The monoisotopic (exact) mass is 645 g/mol. The summed E-state index contributed by atoms with van der Waals surface area (Å²) >= 11 is 5.60. The first-order valence-corrected chi connectivity index (χ1v) is 16.0. The molecule has 0 aliphatic rings. The molecule has 0 radical (unpaired) electrons. The van der Waals surface area contributed by atoms with Gasteiger partial charge in [0.05, 0.1) is 11.4 Å². The van der Waals surface area contributed by atoms with Gasteiger partial charge in [-0.15, -0.1) is 11.3 Å². The van der Waals surface area contributed by atoms with E-state index in [2.05, 4.69) is 130 Å². The van der Waals surface area contributed by atoms with Crippen LogP contribution in [0.15, 0.2) is 150 Å². The quantitative estimate of drug-likeness (QED) is 0.187. The Morgan fingerprint density at radius 2 is 1.20 bits per heavy atom. The minimum absolute atomic E-state index is 0.707. The van der Waals surface area contributed by atoms with Crippen LogP contribution in [0.5, 0.6) is 0 Å². The Balaban J connectivity index is 1.28. The average Bonchev–Trinajstić information content (AvgIpc) is 3.48.